The summed E-state index contributed by atoms with van der Waals surface area (Å²) in [6.07, 6.45) is 2.81. The fourth-order valence-corrected chi connectivity index (χ4v) is 3.51. The maximum atomic E-state index is 13.3. The average Bonchev–Trinajstić information content (AvgIpc) is 3.00. The van der Waals surface area contributed by atoms with E-state index < -0.39 is 23.7 Å². The lowest BCUT2D eigenvalue weighted by Gasteiger charge is -2.23. The molecular formula is C17H17F2N3O2. The highest BCUT2D eigenvalue weighted by Gasteiger charge is 2.71. The normalized spacial score (nSPS) is 24.0. The summed E-state index contributed by atoms with van der Waals surface area (Å²) in [5.74, 6) is -4.45. The third kappa shape index (κ3) is 2.35. The number of hydrogen-bond acceptors (Lipinski definition) is 3. The summed E-state index contributed by atoms with van der Waals surface area (Å²) >= 11 is 0. The standard InChI is InChI=1S/C17H17F2N3O2/c1-10-4-13(21-8-14-15(9-21)17(14,18)19)3-2-11(10)6-22-7-12(5-20-22)16(23)24/h2-5,7,14-15H,6,8-9H2,1H3,(H,23,24). The van der Waals surface area contributed by atoms with Crippen LogP contribution in [0, 0.1) is 18.8 Å². The van der Waals surface area contributed by atoms with Crippen molar-refractivity contribution in [1.82, 2.24) is 9.78 Å². The van der Waals surface area contributed by atoms with E-state index in [9.17, 15) is 13.6 Å². The highest BCUT2D eigenvalue weighted by Crippen LogP contribution is 2.59. The van der Waals surface area contributed by atoms with Crippen molar-refractivity contribution in [2.24, 2.45) is 11.8 Å². The molecule has 1 aromatic heterocycles. The van der Waals surface area contributed by atoms with Crippen LogP contribution in [0.2, 0.25) is 0 Å². The fraction of sp³-hybridized carbons (Fsp3) is 0.412. The van der Waals surface area contributed by atoms with Gasteiger partial charge >= 0.3 is 5.97 Å². The molecule has 24 heavy (non-hydrogen) atoms. The minimum Gasteiger partial charge on any atom is -0.478 e. The van der Waals surface area contributed by atoms with Gasteiger partial charge in [-0.3, -0.25) is 4.68 Å². The molecule has 0 spiro atoms. The van der Waals surface area contributed by atoms with Gasteiger partial charge < -0.3 is 10.0 Å². The second-order valence-corrected chi connectivity index (χ2v) is 6.64. The molecular weight excluding hydrogens is 316 g/mol. The number of piperidine rings is 1. The van der Waals surface area contributed by atoms with Crippen LogP contribution in [-0.2, 0) is 6.54 Å². The van der Waals surface area contributed by atoms with E-state index in [2.05, 4.69) is 5.10 Å². The topological polar surface area (TPSA) is 58.4 Å². The molecule has 5 nitrogen and oxygen atoms in total. The molecule has 7 heteroatoms. The number of fused-ring (bicyclic) bond motifs is 1. The third-order valence-corrected chi connectivity index (χ3v) is 5.10. The van der Waals surface area contributed by atoms with Crippen LogP contribution < -0.4 is 4.90 Å². The SMILES string of the molecule is Cc1cc(N2CC3C(C2)C3(F)F)ccc1Cn1cc(C(=O)O)cn1. The predicted octanol–water partition coefficient (Wildman–Crippen LogP) is 2.64. The predicted molar refractivity (Wildman–Crippen MR) is 83.6 cm³/mol. The van der Waals surface area contributed by atoms with Gasteiger partial charge in [0.1, 0.15) is 0 Å². The van der Waals surface area contributed by atoms with E-state index in [1.165, 1.54) is 12.4 Å². The van der Waals surface area contributed by atoms with Gasteiger partial charge in [-0.05, 0) is 30.2 Å². The first-order valence-electron chi connectivity index (χ1n) is 7.84. The summed E-state index contributed by atoms with van der Waals surface area (Å²) in [6, 6.07) is 5.89. The lowest BCUT2D eigenvalue weighted by atomic mass is 10.1. The number of carboxylic acids is 1. The van der Waals surface area contributed by atoms with Crippen LogP contribution in [0.5, 0.6) is 0 Å². The minimum absolute atomic E-state index is 0.154. The van der Waals surface area contributed by atoms with Crippen molar-refractivity contribution in [3.8, 4) is 0 Å². The highest BCUT2D eigenvalue weighted by molar-refractivity contribution is 5.86. The molecule has 1 saturated carbocycles. The van der Waals surface area contributed by atoms with Gasteiger partial charge in [-0.2, -0.15) is 5.10 Å². The van der Waals surface area contributed by atoms with E-state index >= 15 is 0 Å². The second kappa shape index (κ2) is 5.03. The second-order valence-electron chi connectivity index (χ2n) is 6.64. The van der Waals surface area contributed by atoms with Crippen LogP contribution >= 0.6 is 0 Å². The maximum absolute atomic E-state index is 13.3. The first-order valence-corrected chi connectivity index (χ1v) is 7.84. The van der Waals surface area contributed by atoms with E-state index in [-0.39, 0.29) is 5.56 Å². The van der Waals surface area contributed by atoms with Crippen molar-refractivity contribution >= 4 is 11.7 Å². The number of carbonyl (C=O) groups is 1. The third-order valence-electron chi connectivity index (χ3n) is 5.10. The first-order chi connectivity index (χ1) is 11.4. The van der Waals surface area contributed by atoms with Gasteiger partial charge in [0.2, 0.25) is 0 Å². The summed E-state index contributed by atoms with van der Waals surface area (Å²) in [5.41, 5.74) is 3.17. The number of hydrogen-bond donors (Lipinski definition) is 1. The van der Waals surface area contributed by atoms with Gasteiger partial charge in [0.05, 0.1) is 30.1 Å². The molecule has 126 valence electrons. The molecule has 2 aromatic rings. The fourth-order valence-electron chi connectivity index (χ4n) is 3.51. The van der Waals surface area contributed by atoms with E-state index in [4.69, 9.17) is 5.11 Å². The molecule has 1 N–H and O–H groups in total. The zero-order chi connectivity index (χ0) is 17.1. The molecule has 2 unspecified atom stereocenters. The van der Waals surface area contributed by atoms with Gasteiger partial charge in [-0.15, -0.1) is 0 Å². The molecule has 4 rings (SSSR count). The molecule has 0 bridgehead atoms. The Labute approximate surface area is 137 Å². The molecule has 0 amide bonds. The first kappa shape index (κ1) is 15.1. The summed E-state index contributed by atoms with van der Waals surface area (Å²) < 4.78 is 28.2. The number of halogens is 2. The molecule has 2 atom stereocenters. The van der Waals surface area contributed by atoms with Crippen LogP contribution in [0.4, 0.5) is 14.5 Å². The number of benzene rings is 1. The summed E-state index contributed by atoms with van der Waals surface area (Å²) in [6.45, 7) is 3.27. The molecule has 1 aliphatic carbocycles. The molecule has 1 aliphatic heterocycles. The van der Waals surface area contributed by atoms with Crippen LogP contribution in [-0.4, -0.2) is 39.9 Å². The van der Waals surface area contributed by atoms with E-state index in [1.807, 2.05) is 30.0 Å². The summed E-state index contributed by atoms with van der Waals surface area (Å²) in [5, 5.41) is 13.0. The van der Waals surface area contributed by atoms with Gasteiger partial charge in [0, 0.05) is 25.0 Å². The lowest BCUT2D eigenvalue weighted by Crippen LogP contribution is -2.27. The Bertz CT molecular complexity index is 804. The molecule has 0 radical (unpaired) electrons. The number of aryl methyl sites for hydroxylation is 1. The van der Waals surface area contributed by atoms with Crippen molar-refractivity contribution in [3.63, 3.8) is 0 Å². The number of nitrogens with zero attached hydrogens (tertiary/aromatic N) is 3. The van der Waals surface area contributed by atoms with Gasteiger partial charge in [0.25, 0.3) is 5.92 Å². The number of carboxylic acid groups (broad SMARTS) is 1. The van der Waals surface area contributed by atoms with Crippen molar-refractivity contribution in [2.75, 3.05) is 18.0 Å². The summed E-state index contributed by atoms with van der Waals surface area (Å²) in [4.78, 5) is 12.9. The van der Waals surface area contributed by atoms with Crippen LogP contribution in [0.3, 0.4) is 0 Å². The minimum atomic E-state index is -2.46. The Morgan fingerprint density at radius 3 is 2.67 bits per heavy atom. The maximum Gasteiger partial charge on any atom is 0.338 e. The number of aromatic carboxylic acids is 1. The van der Waals surface area contributed by atoms with E-state index in [1.54, 1.807) is 4.68 Å². The van der Waals surface area contributed by atoms with Gasteiger partial charge in [-0.25, -0.2) is 13.6 Å². The highest BCUT2D eigenvalue weighted by atomic mass is 19.3. The molecule has 2 heterocycles. The Balaban J connectivity index is 1.47. The number of alkyl halides is 2. The Kier molecular flexibility index (Phi) is 3.16. The Hall–Kier alpha value is -2.44. The molecule has 1 saturated heterocycles. The molecule has 2 fully saturated rings. The quantitative estimate of drug-likeness (QED) is 0.934. The number of aromatic nitrogens is 2. The lowest BCUT2D eigenvalue weighted by molar-refractivity contribution is 0.0696. The Morgan fingerprint density at radius 2 is 2.08 bits per heavy atom. The van der Waals surface area contributed by atoms with E-state index in [0.717, 1.165) is 16.8 Å². The van der Waals surface area contributed by atoms with Crippen molar-refractivity contribution in [3.05, 3.63) is 47.3 Å². The average molecular weight is 333 g/mol. The number of rotatable bonds is 4. The van der Waals surface area contributed by atoms with Crippen LogP contribution in [0.15, 0.2) is 30.6 Å². The van der Waals surface area contributed by atoms with Crippen molar-refractivity contribution in [2.45, 2.75) is 19.4 Å². The van der Waals surface area contributed by atoms with Crippen molar-refractivity contribution in [1.29, 1.82) is 0 Å². The van der Waals surface area contributed by atoms with Crippen molar-refractivity contribution < 1.29 is 18.7 Å². The smallest absolute Gasteiger partial charge is 0.338 e. The molecule has 2 aliphatic rings. The molecule has 1 aromatic carbocycles. The van der Waals surface area contributed by atoms with Gasteiger partial charge in [0.15, 0.2) is 0 Å². The largest absolute Gasteiger partial charge is 0.478 e. The zero-order valence-electron chi connectivity index (χ0n) is 13.1. The number of anilines is 1. The van der Waals surface area contributed by atoms with Gasteiger partial charge in [-0.1, -0.05) is 6.07 Å². The summed E-state index contributed by atoms with van der Waals surface area (Å²) in [7, 11) is 0. The van der Waals surface area contributed by atoms with E-state index in [0.29, 0.717) is 19.6 Å². The zero-order valence-corrected chi connectivity index (χ0v) is 13.1. The Morgan fingerprint density at radius 1 is 1.38 bits per heavy atom. The monoisotopic (exact) mass is 333 g/mol. The van der Waals surface area contributed by atoms with Crippen LogP contribution in [0.1, 0.15) is 21.5 Å². The van der Waals surface area contributed by atoms with Crippen LogP contribution in [0.25, 0.3) is 0 Å².